The van der Waals surface area contributed by atoms with Crippen LogP contribution in [0.1, 0.15) is 53.0 Å². The summed E-state index contributed by atoms with van der Waals surface area (Å²) >= 11 is 0.951. The molecule has 256 valence electrons. The van der Waals surface area contributed by atoms with Crippen LogP contribution in [0, 0.1) is 0 Å². The fourth-order valence-corrected chi connectivity index (χ4v) is 8.18. The number of thiophene rings is 1. The minimum Gasteiger partial charge on any atom is -0.377 e. The molecule has 0 bridgehead atoms. The van der Waals surface area contributed by atoms with E-state index >= 15 is 0 Å². The van der Waals surface area contributed by atoms with Crippen molar-refractivity contribution in [2.24, 2.45) is 0 Å². The maximum absolute atomic E-state index is 14.4. The van der Waals surface area contributed by atoms with Crippen molar-refractivity contribution in [1.29, 1.82) is 0 Å². The number of morpholine rings is 1. The van der Waals surface area contributed by atoms with E-state index in [1.165, 1.54) is 24.0 Å². The maximum atomic E-state index is 14.4. The van der Waals surface area contributed by atoms with Crippen molar-refractivity contribution in [3.05, 3.63) is 70.6 Å². The molecule has 3 aliphatic rings. The van der Waals surface area contributed by atoms with E-state index < -0.39 is 42.7 Å². The fraction of sp³-hybridized carbons (Fsp3) is 0.438. The van der Waals surface area contributed by atoms with Gasteiger partial charge in [0.1, 0.15) is 12.1 Å². The lowest BCUT2D eigenvalue weighted by atomic mass is 10.0. The van der Waals surface area contributed by atoms with Crippen LogP contribution in [0.2, 0.25) is 0 Å². The molecule has 1 aromatic heterocycles. The summed E-state index contributed by atoms with van der Waals surface area (Å²) in [5.41, 5.74) is -4.40. The van der Waals surface area contributed by atoms with Crippen molar-refractivity contribution in [3.63, 3.8) is 0 Å². The number of carbonyl (C=O) groups is 4. The first-order chi connectivity index (χ1) is 22.8. The van der Waals surface area contributed by atoms with Gasteiger partial charge in [0.05, 0.1) is 24.1 Å². The Morgan fingerprint density at radius 1 is 1.04 bits per heavy atom. The number of nitrogens with zero attached hydrogens (tertiary/aromatic N) is 3. The Hall–Kier alpha value is -3.75. The summed E-state index contributed by atoms with van der Waals surface area (Å²) in [7, 11) is -5.80. The Balaban J connectivity index is 1.26. The fourth-order valence-electron chi connectivity index (χ4n) is 6.76. The van der Waals surface area contributed by atoms with Crippen LogP contribution in [0.15, 0.2) is 54.6 Å². The van der Waals surface area contributed by atoms with Crippen LogP contribution in [-0.2, 0) is 29.3 Å². The zero-order chi connectivity index (χ0) is 34.4. The summed E-state index contributed by atoms with van der Waals surface area (Å²) in [5, 5.41) is 2.88. The number of carbonyl (C=O) groups excluding carboxylic acids is 4. The maximum Gasteiger partial charge on any atom is 0.399 e. The number of hydrogen-bond acceptors (Lipinski definition) is 7. The molecule has 3 N–H and O–H groups in total. The van der Waals surface area contributed by atoms with Gasteiger partial charge < -0.3 is 34.5 Å². The van der Waals surface area contributed by atoms with Gasteiger partial charge in [-0.3, -0.25) is 23.7 Å². The van der Waals surface area contributed by atoms with Gasteiger partial charge in [-0.15, -0.1) is 11.3 Å². The molecule has 48 heavy (non-hydrogen) atoms. The number of nitrogens with one attached hydrogen (secondary N) is 1. The molecule has 4 amide bonds. The van der Waals surface area contributed by atoms with Gasteiger partial charge in [0, 0.05) is 42.9 Å². The van der Waals surface area contributed by atoms with Crippen molar-refractivity contribution in [1.82, 2.24) is 20.0 Å². The normalized spacial score (nSPS) is 23.9. The summed E-state index contributed by atoms with van der Waals surface area (Å²) in [5.74, 6) is -1.67. The number of fused-ring (bicyclic) bond motifs is 2. The molecule has 1 unspecified atom stereocenters. The summed E-state index contributed by atoms with van der Waals surface area (Å²) in [6, 6.07) is 11.3. The van der Waals surface area contributed by atoms with E-state index in [-0.39, 0.29) is 40.7 Å². The number of ether oxygens (including phenoxy) is 1. The van der Waals surface area contributed by atoms with Crippen LogP contribution in [0.25, 0.3) is 10.1 Å². The quantitative estimate of drug-likeness (QED) is 0.330. The average Bonchev–Trinajstić information content (AvgIpc) is 3.68. The van der Waals surface area contributed by atoms with Crippen molar-refractivity contribution in [3.8, 4) is 0 Å². The van der Waals surface area contributed by atoms with Gasteiger partial charge in [0.2, 0.25) is 17.7 Å². The highest BCUT2D eigenvalue weighted by Crippen LogP contribution is 2.59. The van der Waals surface area contributed by atoms with E-state index in [0.29, 0.717) is 50.3 Å². The predicted molar refractivity (Wildman–Crippen MR) is 171 cm³/mol. The molecule has 3 aromatic rings. The molecule has 16 heteroatoms. The molecule has 0 saturated carbocycles. The standard InChI is InChI=1S/C32H35F2N4O8PS/c1-19(39)36-12-11-23-8-9-25(31(42)37-13-14-46-18-26(37)20-5-3-2-4-6-20)38(23)30(41)24(17-36)35-29(40)28-16-21-15-22(7-10-27(21)48-28)32(33,34)47(43,44)45/h2-7,10,15-16,23-26H,8-9,11-14,17-18H2,1H3,(H,35,40)(H2,43,44,45)/t23-,24+,25+,26?/m1/s1. The highest BCUT2D eigenvalue weighted by atomic mass is 32.1. The lowest BCUT2D eigenvalue weighted by Gasteiger charge is -2.42. The molecule has 3 saturated heterocycles. The number of halogens is 2. The summed E-state index contributed by atoms with van der Waals surface area (Å²) < 4.78 is 46.2. The van der Waals surface area contributed by atoms with Gasteiger partial charge in [-0.1, -0.05) is 36.4 Å². The molecule has 2 aromatic carbocycles. The molecular weight excluding hydrogens is 669 g/mol. The van der Waals surface area contributed by atoms with Crippen LogP contribution in [0.5, 0.6) is 0 Å². The zero-order valence-electron chi connectivity index (χ0n) is 26.0. The lowest BCUT2D eigenvalue weighted by molar-refractivity contribution is -0.153. The third-order valence-electron chi connectivity index (χ3n) is 9.28. The number of hydrogen-bond donors (Lipinski definition) is 3. The number of rotatable bonds is 6. The number of benzene rings is 2. The molecule has 0 radical (unpaired) electrons. The van der Waals surface area contributed by atoms with Gasteiger partial charge in [0.25, 0.3) is 5.91 Å². The Morgan fingerprint density at radius 2 is 1.79 bits per heavy atom. The van der Waals surface area contributed by atoms with Gasteiger partial charge in [-0.25, -0.2) is 0 Å². The first kappa shape index (κ1) is 34.1. The minimum absolute atomic E-state index is 0.0653. The topological polar surface area (TPSA) is 157 Å². The van der Waals surface area contributed by atoms with Crippen LogP contribution in [0.4, 0.5) is 8.78 Å². The average molecular weight is 705 g/mol. The predicted octanol–water partition coefficient (Wildman–Crippen LogP) is 3.44. The highest BCUT2D eigenvalue weighted by Gasteiger charge is 2.51. The minimum atomic E-state index is -5.80. The molecule has 0 aliphatic carbocycles. The molecule has 12 nitrogen and oxygen atoms in total. The van der Waals surface area contributed by atoms with Crippen LogP contribution in [-0.4, -0.2) is 99.1 Å². The van der Waals surface area contributed by atoms with Gasteiger partial charge in [-0.2, -0.15) is 8.78 Å². The summed E-state index contributed by atoms with van der Waals surface area (Å²) in [6.07, 6.45) is 1.44. The van der Waals surface area contributed by atoms with Crippen LogP contribution < -0.4 is 5.32 Å². The highest BCUT2D eigenvalue weighted by molar-refractivity contribution is 7.52. The zero-order valence-corrected chi connectivity index (χ0v) is 27.7. The Labute approximate surface area is 278 Å². The summed E-state index contributed by atoms with van der Waals surface area (Å²) in [4.78, 5) is 77.7. The molecule has 6 rings (SSSR count). The van der Waals surface area contributed by atoms with E-state index in [0.717, 1.165) is 29.0 Å². The van der Waals surface area contributed by atoms with Gasteiger partial charge >= 0.3 is 13.3 Å². The Kier molecular flexibility index (Phi) is 9.44. The Morgan fingerprint density at radius 3 is 2.50 bits per heavy atom. The monoisotopic (exact) mass is 704 g/mol. The summed E-state index contributed by atoms with van der Waals surface area (Å²) in [6.45, 7) is 2.60. The number of alkyl halides is 2. The Bertz CT molecular complexity index is 1790. The smallest absolute Gasteiger partial charge is 0.377 e. The second kappa shape index (κ2) is 13.3. The second-order valence-electron chi connectivity index (χ2n) is 12.3. The van der Waals surface area contributed by atoms with E-state index in [1.807, 2.05) is 30.3 Å². The van der Waals surface area contributed by atoms with Crippen molar-refractivity contribution < 1.29 is 47.0 Å². The van der Waals surface area contributed by atoms with Gasteiger partial charge in [0.15, 0.2) is 0 Å². The SMILES string of the molecule is CC(=O)N1CC[C@H]2CC[C@@H](C(=O)N3CCOCC3c3ccccc3)N2C(=O)[C@@H](NC(=O)c2cc3cc(C(F)(F)P(=O)(O)O)ccc3s2)C1. The molecule has 4 heterocycles. The first-order valence-corrected chi connectivity index (χ1v) is 18.0. The molecule has 0 spiro atoms. The van der Waals surface area contributed by atoms with Crippen molar-refractivity contribution in [2.75, 3.05) is 32.8 Å². The molecular formula is C32H35F2N4O8PS. The van der Waals surface area contributed by atoms with Crippen LogP contribution in [0.3, 0.4) is 0 Å². The van der Waals surface area contributed by atoms with E-state index in [2.05, 4.69) is 5.32 Å². The lowest BCUT2D eigenvalue weighted by Crippen LogP contribution is -2.61. The molecule has 3 fully saturated rings. The van der Waals surface area contributed by atoms with E-state index in [4.69, 9.17) is 14.5 Å². The first-order valence-electron chi connectivity index (χ1n) is 15.6. The third-order valence-corrected chi connectivity index (χ3v) is 11.4. The van der Waals surface area contributed by atoms with Crippen molar-refractivity contribution in [2.45, 2.75) is 56.0 Å². The van der Waals surface area contributed by atoms with Crippen molar-refractivity contribution >= 4 is 52.6 Å². The second-order valence-corrected chi connectivity index (χ2v) is 15.0. The number of amides is 4. The van der Waals surface area contributed by atoms with Gasteiger partial charge in [-0.05, 0) is 48.4 Å². The third kappa shape index (κ3) is 6.49. The largest absolute Gasteiger partial charge is 0.399 e. The van der Waals surface area contributed by atoms with E-state index in [1.54, 1.807) is 9.80 Å². The molecule has 3 aliphatic heterocycles. The molecule has 4 atom stereocenters. The van der Waals surface area contributed by atoms with E-state index in [9.17, 15) is 32.5 Å². The van der Waals surface area contributed by atoms with Crippen LogP contribution >= 0.6 is 18.9 Å².